The lowest BCUT2D eigenvalue weighted by Gasteiger charge is -2.31. The summed E-state index contributed by atoms with van der Waals surface area (Å²) in [7, 11) is 0. The van der Waals surface area contributed by atoms with E-state index >= 15 is 0 Å². The van der Waals surface area contributed by atoms with Gasteiger partial charge in [-0.25, -0.2) is 0 Å². The van der Waals surface area contributed by atoms with E-state index in [1.54, 1.807) is 6.07 Å². The predicted octanol–water partition coefficient (Wildman–Crippen LogP) is 6.92. The smallest absolute Gasteiger partial charge is 0.0624 e. The summed E-state index contributed by atoms with van der Waals surface area (Å²) in [5, 5.41) is 3.50. The lowest BCUT2D eigenvalue weighted by atomic mass is 9.79. The molecule has 0 unspecified atom stereocenters. The molecule has 0 saturated heterocycles. The molecule has 2 aromatic rings. The third-order valence-corrected chi connectivity index (χ3v) is 6.75. The Morgan fingerprint density at radius 2 is 1.57 bits per heavy atom. The molecule has 0 nitrogen and oxygen atoms in total. The van der Waals surface area contributed by atoms with Gasteiger partial charge in [0.1, 0.15) is 0 Å². The maximum absolute atomic E-state index is 6.34. The minimum atomic E-state index is -0.140. The number of halogens is 5. The Morgan fingerprint density at radius 3 is 2.19 bits per heavy atom. The second kappa shape index (κ2) is 7.70. The van der Waals surface area contributed by atoms with Crippen molar-refractivity contribution >= 4 is 66.7 Å². The maximum atomic E-state index is 6.34. The van der Waals surface area contributed by atoms with Gasteiger partial charge in [-0.05, 0) is 35.7 Å². The highest BCUT2D eigenvalue weighted by Crippen LogP contribution is 2.37. The zero-order chi connectivity index (χ0) is 15.5. The van der Waals surface area contributed by atoms with Crippen LogP contribution in [0.4, 0.5) is 0 Å². The Bertz CT molecular complexity index is 625. The van der Waals surface area contributed by atoms with Crippen molar-refractivity contribution in [1.29, 1.82) is 0 Å². The molecule has 0 bridgehead atoms. The van der Waals surface area contributed by atoms with E-state index in [0.717, 1.165) is 27.7 Å². The summed E-state index contributed by atoms with van der Waals surface area (Å²) >= 11 is 25.9. The van der Waals surface area contributed by atoms with Crippen molar-refractivity contribution in [3.63, 3.8) is 0 Å². The summed E-state index contributed by atoms with van der Waals surface area (Å²) in [6.07, 6.45) is 0.767. The van der Waals surface area contributed by atoms with Gasteiger partial charge in [-0.1, -0.05) is 90.9 Å². The van der Waals surface area contributed by atoms with Crippen LogP contribution < -0.4 is 0 Å². The van der Waals surface area contributed by atoms with E-state index in [1.165, 1.54) is 5.56 Å². The highest BCUT2D eigenvalue weighted by Gasteiger charge is 2.31. The van der Waals surface area contributed by atoms with Gasteiger partial charge in [0.2, 0.25) is 0 Å². The van der Waals surface area contributed by atoms with Crippen LogP contribution in [-0.2, 0) is 11.8 Å². The molecular formula is C16H13Br2Cl3. The lowest BCUT2D eigenvalue weighted by molar-refractivity contribution is 0.551. The summed E-state index contributed by atoms with van der Waals surface area (Å²) in [4.78, 5) is 0. The second-order valence-electron chi connectivity index (χ2n) is 4.95. The third kappa shape index (κ3) is 3.97. The van der Waals surface area contributed by atoms with Gasteiger partial charge in [0.15, 0.2) is 0 Å². The van der Waals surface area contributed by atoms with Crippen molar-refractivity contribution in [2.45, 2.75) is 11.8 Å². The van der Waals surface area contributed by atoms with Crippen molar-refractivity contribution in [2.75, 3.05) is 10.7 Å². The molecule has 2 aromatic carbocycles. The van der Waals surface area contributed by atoms with E-state index < -0.39 is 0 Å². The zero-order valence-electron chi connectivity index (χ0n) is 11.1. The summed E-state index contributed by atoms with van der Waals surface area (Å²) in [5.41, 5.74) is 2.06. The number of hydrogen-bond donors (Lipinski definition) is 0. The first kappa shape index (κ1) is 17.6. The molecule has 0 amide bonds. The van der Waals surface area contributed by atoms with Crippen molar-refractivity contribution in [3.8, 4) is 0 Å². The molecule has 0 heterocycles. The van der Waals surface area contributed by atoms with Crippen LogP contribution in [0.25, 0.3) is 0 Å². The molecule has 0 aromatic heterocycles. The molecule has 0 saturated carbocycles. The zero-order valence-corrected chi connectivity index (χ0v) is 16.5. The summed E-state index contributed by atoms with van der Waals surface area (Å²) in [6.45, 7) is 0. The Morgan fingerprint density at radius 1 is 0.905 bits per heavy atom. The van der Waals surface area contributed by atoms with E-state index in [4.69, 9.17) is 34.8 Å². The molecule has 112 valence electrons. The number of benzene rings is 2. The first-order valence-corrected chi connectivity index (χ1v) is 9.71. The van der Waals surface area contributed by atoms with Crippen molar-refractivity contribution < 1.29 is 0 Å². The largest absolute Gasteiger partial charge is 0.0918 e. The fraction of sp³-hybridized carbons (Fsp3) is 0.250. The topological polar surface area (TPSA) is 0 Å². The van der Waals surface area contributed by atoms with Crippen LogP contribution in [0.2, 0.25) is 15.1 Å². The Balaban J connectivity index is 2.45. The van der Waals surface area contributed by atoms with Crippen LogP contribution in [0.5, 0.6) is 0 Å². The van der Waals surface area contributed by atoms with Gasteiger partial charge in [0.25, 0.3) is 0 Å². The molecule has 0 aliphatic heterocycles. The summed E-state index contributed by atoms with van der Waals surface area (Å²) in [6, 6.07) is 13.7. The van der Waals surface area contributed by atoms with Gasteiger partial charge < -0.3 is 0 Å². The molecular weight excluding hydrogens is 458 g/mol. The van der Waals surface area contributed by atoms with Gasteiger partial charge in [0, 0.05) is 21.1 Å². The maximum Gasteiger partial charge on any atom is 0.0624 e. The van der Waals surface area contributed by atoms with Crippen molar-refractivity contribution in [2.24, 2.45) is 0 Å². The van der Waals surface area contributed by atoms with Gasteiger partial charge in [-0.2, -0.15) is 0 Å². The van der Waals surface area contributed by atoms with E-state index in [-0.39, 0.29) is 5.41 Å². The number of alkyl halides is 2. The fourth-order valence-corrected chi connectivity index (χ4v) is 4.80. The molecule has 0 atom stereocenters. The molecule has 0 aliphatic carbocycles. The second-order valence-corrected chi connectivity index (χ2v) is 7.29. The standard InChI is InChI=1S/C16H13Br2Cl3/c17-9-16(10-18,12-4-2-5-13(19)7-12)8-11-3-1-6-14(20)15(11)21/h1-7H,8-10H2. The van der Waals surface area contributed by atoms with Crippen LogP contribution in [0, 0.1) is 0 Å². The van der Waals surface area contributed by atoms with Gasteiger partial charge >= 0.3 is 0 Å². The van der Waals surface area contributed by atoms with E-state index in [9.17, 15) is 0 Å². The molecule has 0 radical (unpaired) electrons. The minimum Gasteiger partial charge on any atom is -0.0918 e. The monoisotopic (exact) mass is 468 g/mol. The average molecular weight is 471 g/mol. The van der Waals surface area contributed by atoms with E-state index in [1.807, 2.05) is 30.3 Å². The van der Waals surface area contributed by atoms with Crippen LogP contribution in [-0.4, -0.2) is 10.7 Å². The highest BCUT2D eigenvalue weighted by molar-refractivity contribution is 9.09. The molecule has 0 spiro atoms. The summed E-state index contributed by atoms with van der Waals surface area (Å²) < 4.78 is 0. The summed E-state index contributed by atoms with van der Waals surface area (Å²) in [5.74, 6) is 0. The quantitative estimate of drug-likeness (QED) is 0.416. The van der Waals surface area contributed by atoms with Crippen molar-refractivity contribution in [3.05, 3.63) is 68.7 Å². The molecule has 2 rings (SSSR count). The normalized spacial score (nSPS) is 11.7. The van der Waals surface area contributed by atoms with Crippen molar-refractivity contribution in [1.82, 2.24) is 0 Å². The van der Waals surface area contributed by atoms with Gasteiger partial charge in [-0.15, -0.1) is 0 Å². The molecule has 5 heteroatoms. The lowest BCUT2D eigenvalue weighted by Crippen LogP contribution is -2.33. The first-order chi connectivity index (χ1) is 10.0. The molecule has 0 fully saturated rings. The van der Waals surface area contributed by atoms with Crippen LogP contribution in [0.1, 0.15) is 11.1 Å². The molecule has 21 heavy (non-hydrogen) atoms. The fourth-order valence-electron chi connectivity index (χ4n) is 2.25. The minimum absolute atomic E-state index is 0.140. The Labute approximate surface area is 157 Å². The highest BCUT2D eigenvalue weighted by atomic mass is 79.9. The number of rotatable bonds is 5. The van der Waals surface area contributed by atoms with Gasteiger partial charge in [-0.3, -0.25) is 0 Å². The van der Waals surface area contributed by atoms with Gasteiger partial charge in [0.05, 0.1) is 10.0 Å². The predicted molar refractivity (Wildman–Crippen MR) is 101 cm³/mol. The SMILES string of the molecule is Clc1cccc(C(CBr)(CBr)Cc2cccc(Cl)c2Cl)c1. The Hall–Kier alpha value is 0.270. The molecule has 0 aliphatic rings. The average Bonchev–Trinajstić information content (AvgIpc) is 2.49. The first-order valence-electron chi connectivity index (χ1n) is 6.33. The van der Waals surface area contributed by atoms with E-state index in [0.29, 0.717) is 10.0 Å². The third-order valence-electron chi connectivity index (χ3n) is 3.51. The van der Waals surface area contributed by atoms with E-state index in [2.05, 4.69) is 37.9 Å². The molecule has 0 N–H and O–H groups in total. The van der Waals surface area contributed by atoms with Crippen LogP contribution in [0.15, 0.2) is 42.5 Å². The number of hydrogen-bond acceptors (Lipinski definition) is 0. The van der Waals surface area contributed by atoms with Crippen LogP contribution >= 0.6 is 66.7 Å². The van der Waals surface area contributed by atoms with Crippen LogP contribution in [0.3, 0.4) is 0 Å². The Kier molecular flexibility index (Phi) is 6.46.